The Hall–Kier alpha value is -2.57. The average Bonchev–Trinajstić information content (AvgIpc) is 2.81. The van der Waals surface area contributed by atoms with E-state index in [1.54, 1.807) is 12.3 Å². The second-order valence-electron chi connectivity index (χ2n) is 8.57. The number of piperidine rings is 1. The third kappa shape index (κ3) is 6.97. The first-order chi connectivity index (χ1) is 15.6. The Morgan fingerprint density at radius 2 is 1.78 bits per heavy atom. The van der Waals surface area contributed by atoms with Crippen LogP contribution in [0.15, 0.2) is 60.8 Å². The van der Waals surface area contributed by atoms with Crippen LogP contribution in [0, 0.1) is 5.92 Å². The molecule has 2 aliphatic heterocycles. The van der Waals surface area contributed by atoms with Crippen LogP contribution in [0.1, 0.15) is 25.3 Å². The van der Waals surface area contributed by atoms with Crippen molar-refractivity contribution in [1.29, 1.82) is 0 Å². The number of carbonyl (C=O) groups excluding carboxylic acids is 1. The van der Waals surface area contributed by atoms with Crippen molar-refractivity contribution >= 4 is 5.91 Å². The lowest BCUT2D eigenvalue weighted by Crippen LogP contribution is -2.51. The molecule has 2 saturated heterocycles. The predicted molar refractivity (Wildman–Crippen MR) is 130 cm³/mol. The normalized spacial score (nSPS) is 19.4. The predicted octanol–water partition coefficient (Wildman–Crippen LogP) is 3.03. The molecule has 0 radical (unpaired) electrons. The average molecular weight is 439 g/mol. The SMILES string of the molecule is C=C/C=C(\C=C/N)CN1CCC(C(=O)N2CCN(Cc3ccc(OCC)cc3)CC2)CC1. The standard InChI is InChI=1S/C26H38N4O2/c1-3-5-22(10-13-27)20-28-14-11-24(12-15-28)26(31)30-18-16-29(17-19-30)21-23-6-8-25(9-7-23)32-4-2/h3,5-10,13,24H,1,4,11-12,14-21,27H2,2H3/b13-10-,22-5+. The molecule has 1 aromatic carbocycles. The number of carbonyl (C=O) groups is 1. The maximum absolute atomic E-state index is 13.1. The number of likely N-dealkylation sites (tertiary alicyclic amines) is 1. The monoisotopic (exact) mass is 438 g/mol. The summed E-state index contributed by atoms with van der Waals surface area (Å²) in [6, 6.07) is 8.34. The molecule has 6 heteroatoms. The first-order valence-corrected chi connectivity index (χ1v) is 11.8. The highest BCUT2D eigenvalue weighted by Crippen LogP contribution is 2.22. The Labute approximate surface area is 193 Å². The molecule has 0 saturated carbocycles. The van der Waals surface area contributed by atoms with Crippen LogP contribution in [0.2, 0.25) is 0 Å². The Balaban J connectivity index is 1.41. The van der Waals surface area contributed by atoms with Crippen LogP contribution >= 0.6 is 0 Å². The first kappa shape index (κ1) is 24.1. The number of rotatable bonds is 9. The molecule has 32 heavy (non-hydrogen) atoms. The number of hydrogen-bond donors (Lipinski definition) is 1. The van der Waals surface area contributed by atoms with Gasteiger partial charge in [-0.1, -0.05) is 30.9 Å². The van der Waals surface area contributed by atoms with Gasteiger partial charge in [0.05, 0.1) is 6.61 Å². The van der Waals surface area contributed by atoms with E-state index in [1.165, 1.54) is 5.56 Å². The molecule has 2 heterocycles. The summed E-state index contributed by atoms with van der Waals surface area (Å²) >= 11 is 0. The van der Waals surface area contributed by atoms with E-state index in [4.69, 9.17) is 10.5 Å². The lowest BCUT2D eigenvalue weighted by molar-refractivity contribution is -0.138. The highest BCUT2D eigenvalue weighted by molar-refractivity contribution is 5.79. The molecule has 0 unspecified atom stereocenters. The number of nitrogens with zero attached hydrogens (tertiary/aromatic N) is 3. The van der Waals surface area contributed by atoms with Crippen molar-refractivity contribution in [2.45, 2.75) is 26.3 Å². The maximum Gasteiger partial charge on any atom is 0.225 e. The number of hydrogen-bond acceptors (Lipinski definition) is 5. The number of ether oxygens (including phenoxy) is 1. The van der Waals surface area contributed by atoms with Crippen molar-refractivity contribution in [3.8, 4) is 5.75 Å². The summed E-state index contributed by atoms with van der Waals surface area (Å²) in [4.78, 5) is 20.0. The van der Waals surface area contributed by atoms with E-state index >= 15 is 0 Å². The Morgan fingerprint density at radius 3 is 2.38 bits per heavy atom. The van der Waals surface area contributed by atoms with E-state index in [2.05, 4.69) is 33.4 Å². The number of allylic oxidation sites excluding steroid dienone is 2. The minimum Gasteiger partial charge on any atom is -0.494 e. The molecule has 6 nitrogen and oxygen atoms in total. The number of nitrogens with two attached hydrogens (primary N) is 1. The molecule has 1 aromatic rings. The van der Waals surface area contributed by atoms with Crippen LogP contribution in [0.4, 0.5) is 0 Å². The molecule has 2 fully saturated rings. The quantitative estimate of drug-likeness (QED) is 0.601. The zero-order valence-corrected chi connectivity index (χ0v) is 19.4. The summed E-state index contributed by atoms with van der Waals surface area (Å²) in [5, 5.41) is 0. The third-order valence-corrected chi connectivity index (χ3v) is 6.31. The summed E-state index contributed by atoms with van der Waals surface area (Å²) < 4.78 is 5.52. The van der Waals surface area contributed by atoms with Gasteiger partial charge < -0.3 is 15.4 Å². The van der Waals surface area contributed by atoms with Gasteiger partial charge in [-0.3, -0.25) is 14.6 Å². The van der Waals surface area contributed by atoms with E-state index in [-0.39, 0.29) is 5.92 Å². The Kier molecular flexibility index (Phi) is 9.38. The molecule has 0 atom stereocenters. The van der Waals surface area contributed by atoms with Gasteiger partial charge in [-0.05, 0) is 68.4 Å². The molecule has 174 valence electrons. The van der Waals surface area contributed by atoms with Gasteiger partial charge >= 0.3 is 0 Å². The van der Waals surface area contributed by atoms with Gasteiger partial charge in [0.25, 0.3) is 0 Å². The minimum absolute atomic E-state index is 0.154. The Bertz CT molecular complexity index is 787. The molecule has 0 bridgehead atoms. The van der Waals surface area contributed by atoms with Crippen molar-refractivity contribution < 1.29 is 9.53 Å². The summed E-state index contributed by atoms with van der Waals surface area (Å²) in [7, 11) is 0. The van der Waals surface area contributed by atoms with Crippen molar-refractivity contribution in [3.05, 3.63) is 66.4 Å². The van der Waals surface area contributed by atoms with Crippen molar-refractivity contribution in [2.75, 3.05) is 52.4 Å². The van der Waals surface area contributed by atoms with Crippen LogP contribution < -0.4 is 10.5 Å². The highest BCUT2D eigenvalue weighted by Gasteiger charge is 2.30. The topological polar surface area (TPSA) is 62.0 Å². The zero-order valence-electron chi connectivity index (χ0n) is 19.4. The van der Waals surface area contributed by atoms with Crippen LogP contribution in [-0.2, 0) is 11.3 Å². The van der Waals surface area contributed by atoms with Gasteiger partial charge in [-0.15, -0.1) is 0 Å². The number of benzene rings is 1. The first-order valence-electron chi connectivity index (χ1n) is 11.8. The fourth-order valence-electron chi connectivity index (χ4n) is 4.53. The lowest BCUT2D eigenvalue weighted by Gasteiger charge is -2.38. The second-order valence-corrected chi connectivity index (χ2v) is 8.57. The van der Waals surface area contributed by atoms with Crippen LogP contribution in [0.5, 0.6) is 5.75 Å². The van der Waals surface area contributed by atoms with Crippen molar-refractivity contribution in [3.63, 3.8) is 0 Å². The summed E-state index contributed by atoms with van der Waals surface area (Å²) in [5.41, 5.74) is 7.98. The van der Waals surface area contributed by atoms with E-state index < -0.39 is 0 Å². The van der Waals surface area contributed by atoms with Crippen LogP contribution in [0.3, 0.4) is 0 Å². The Morgan fingerprint density at radius 1 is 1.09 bits per heavy atom. The third-order valence-electron chi connectivity index (χ3n) is 6.31. The summed E-state index contributed by atoms with van der Waals surface area (Å²) in [5.74, 6) is 1.41. The van der Waals surface area contributed by atoms with Gasteiger partial charge in [0, 0.05) is 45.2 Å². The molecule has 3 rings (SSSR count). The minimum atomic E-state index is 0.154. The van der Waals surface area contributed by atoms with Crippen molar-refractivity contribution in [2.24, 2.45) is 11.7 Å². The number of piperazine rings is 1. The molecule has 2 N–H and O–H groups in total. The lowest BCUT2D eigenvalue weighted by atomic mass is 9.94. The van der Waals surface area contributed by atoms with Gasteiger partial charge in [-0.2, -0.15) is 0 Å². The van der Waals surface area contributed by atoms with Gasteiger partial charge in [0.1, 0.15) is 5.75 Å². The molecule has 0 spiro atoms. The van der Waals surface area contributed by atoms with Crippen LogP contribution in [-0.4, -0.2) is 73.0 Å². The second kappa shape index (κ2) is 12.5. The fourth-order valence-corrected chi connectivity index (χ4v) is 4.53. The van der Waals surface area contributed by atoms with E-state index in [0.717, 1.165) is 76.5 Å². The summed E-state index contributed by atoms with van der Waals surface area (Å²) in [6.45, 7) is 13.6. The fraction of sp³-hybridized carbons (Fsp3) is 0.500. The van der Waals surface area contributed by atoms with Crippen LogP contribution in [0.25, 0.3) is 0 Å². The molecular formula is C26H38N4O2. The highest BCUT2D eigenvalue weighted by atomic mass is 16.5. The molecule has 0 aromatic heterocycles. The zero-order chi connectivity index (χ0) is 22.8. The van der Waals surface area contributed by atoms with E-state index in [9.17, 15) is 4.79 Å². The largest absolute Gasteiger partial charge is 0.494 e. The van der Waals surface area contributed by atoms with Crippen molar-refractivity contribution in [1.82, 2.24) is 14.7 Å². The summed E-state index contributed by atoms with van der Waals surface area (Å²) in [6.07, 6.45) is 9.14. The molecule has 0 aliphatic carbocycles. The van der Waals surface area contributed by atoms with E-state index in [1.807, 2.05) is 31.2 Å². The smallest absolute Gasteiger partial charge is 0.225 e. The maximum atomic E-state index is 13.1. The molecule has 1 amide bonds. The van der Waals surface area contributed by atoms with Gasteiger partial charge in [0.2, 0.25) is 5.91 Å². The molecular weight excluding hydrogens is 400 g/mol. The van der Waals surface area contributed by atoms with E-state index in [0.29, 0.717) is 12.5 Å². The molecule has 2 aliphatic rings. The number of amides is 1. The van der Waals surface area contributed by atoms with Gasteiger partial charge in [-0.25, -0.2) is 0 Å². The van der Waals surface area contributed by atoms with Gasteiger partial charge in [0.15, 0.2) is 0 Å².